The number of nitrogens with zero attached hydrogens (tertiary/aromatic N) is 1. The lowest BCUT2D eigenvalue weighted by atomic mass is 9.80. The largest absolute Gasteiger partial charge is 0.322 e. The molecule has 3 rings (SSSR count). The van der Waals surface area contributed by atoms with Gasteiger partial charge in [-0.15, -0.1) is 0 Å². The van der Waals surface area contributed by atoms with E-state index in [0.717, 1.165) is 24.3 Å². The van der Waals surface area contributed by atoms with Gasteiger partial charge in [-0.2, -0.15) is 0 Å². The molecule has 1 amide bonds. The summed E-state index contributed by atoms with van der Waals surface area (Å²) >= 11 is 0. The molecular weight excluding hydrogens is 248 g/mol. The Bertz CT molecular complexity index is 479. The Balaban J connectivity index is 1.84. The average Bonchev–Trinajstić information content (AvgIpc) is 2.74. The van der Waals surface area contributed by atoms with Crippen LogP contribution in [0.4, 0.5) is 0 Å². The van der Waals surface area contributed by atoms with Crippen LogP contribution in [0.1, 0.15) is 45.2 Å². The Labute approximate surface area is 121 Å². The molecule has 3 nitrogen and oxygen atoms in total. The molecule has 1 aliphatic heterocycles. The highest BCUT2D eigenvalue weighted by molar-refractivity contribution is 5.86. The van der Waals surface area contributed by atoms with Gasteiger partial charge < -0.3 is 4.90 Å². The van der Waals surface area contributed by atoms with E-state index >= 15 is 0 Å². The van der Waals surface area contributed by atoms with Gasteiger partial charge in [0.05, 0.1) is 6.17 Å². The fraction of sp³-hybridized carbons (Fsp3) is 0.588. The van der Waals surface area contributed by atoms with Crippen molar-refractivity contribution in [1.29, 1.82) is 0 Å². The number of carbonyl (C=O) groups excluding carboxylic acids is 1. The Morgan fingerprint density at radius 3 is 2.40 bits per heavy atom. The quantitative estimate of drug-likeness (QED) is 0.917. The third kappa shape index (κ3) is 2.24. The van der Waals surface area contributed by atoms with Crippen molar-refractivity contribution in [2.45, 2.75) is 51.9 Å². The third-order valence-corrected chi connectivity index (χ3v) is 4.65. The fourth-order valence-electron chi connectivity index (χ4n) is 3.50. The topological polar surface area (TPSA) is 32.3 Å². The number of hydrogen-bond donors (Lipinski definition) is 1. The smallest absolute Gasteiger partial charge is 0.245 e. The minimum Gasteiger partial charge on any atom is -0.322 e. The molecule has 1 aromatic rings. The molecule has 2 aliphatic rings. The van der Waals surface area contributed by atoms with E-state index in [1.165, 1.54) is 0 Å². The maximum atomic E-state index is 12.8. The minimum absolute atomic E-state index is 0.167. The summed E-state index contributed by atoms with van der Waals surface area (Å²) in [7, 11) is 0. The average molecular weight is 272 g/mol. The zero-order valence-corrected chi connectivity index (χ0v) is 12.5. The predicted molar refractivity (Wildman–Crippen MR) is 80.0 cm³/mol. The van der Waals surface area contributed by atoms with Crippen molar-refractivity contribution in [3.05, 3.63) is 35.9 Å². The van der Waals surface area contributed by atoms with E-state index in [9.17, 15) is 4.79 Å². The van der Waals surface area contributed by atoms with Crippen molar-refractivity contribution in [2.75, 3.05) is 0 Å². The van der Waals surface area contributed by atoms with Crippen molar-refractivity contribution >= 4 is 5.91 Å². The van der Waals surface area contributed by atoms with E-state index in [4.69, 9.17) is 0 Å². The SMILES string of the molecule is CC1CC(N2C(=O)C(c3ccccc3)NC2C(C)C)C1. The Kier molecular flexibility index (Phi) is 3.55. The first-order valence-corrected chi connectivity index (χ1v) is 7.71. The van der Waals surface area contributed by atoms with Gasteiger partial charge in [-0.3, -0.25) is 10.1 Å². The van der Waals surface area contributed by atoms with Crippen molar-refractivity contribution < 1.29 is 4.79 Å². The zero-order chi connectivity index (χ0) is 14.3. The molecule has 0 spiro atoms. The van der Waals surface area contributed by atoms with E-state index in [2.05, 4.69) is 31.0 Å². The Hall–Kier alpha value is -1.35. The number of nitrogens with one attached hydrogen (secondary N) is 1. The summed E-state index contributed by atoms with van der Waals surface area (Å²) in [4.78, 5) is 15.0. The van der Waals surface area contributed by atoms with Gasteiger partial charge in [0.1, 0.15) is 6.04 Å². The van der Waals surface area contributed by atoms with E-state index in [1.54, 1.807) is 0 Å². The molecule has 0 bridgehead atoms. The van der Waals surface area contributed by atoms with Crippen LogP contribution in [0.3, 0.4) is 0 Å². The molecule has 0 aromatic heterocycles. The Morgan fingerprint density at radius 2 is 1.85 bits per heavy atom. The summed E-state index contributed by atoms with van der Waals surface area (Å²) in [5.41, 5.74) is 1.08. The van der Waals surface area contributed by atoms with Crippen LogP contribution in [0.5, 0.6) is 0 Å². The molecule has 2 unspecified atom stereocenters. The minimum atomic E-state index is -0.167. The molecule has 0 radical (unpaired) electrons. The van der Waals surface area contributed by atoms with Crippen LogP contribution >= 0.6 is 0 Å². The predicted octanol–water partition coefficient (Wildman–Crippen LogP) is 2.94. The number of benzene rings is 1. The molecule has 1 aromatic carbocycles. The summed E-state index contributed by atoms with van der Waals surface area (Å²) < 4.78 is 0. The Morgan fingerprint density at radius 1 is 1.20 bits per heavy atom. The summed E-state index contributed by atoms with van der Waals surface area (Å²) in [5, 5.41) is 3.55. The highest BCUT2D eigenvalue weighted by atomic mass is 16.2. The molecule has 20 heavy (non-hydrogen) atoms. The van der Waals surface area contributed by atoms with Crippen LogP contribution in [0.15, 0.2) is 30.3 Å². The second-order valence-corrected chi connectivity index (χ2v) is 6.68. The van der Waals surface area contributed by atoms with Crippen molar-refractivity contribution in [3.63, 3.8) is 0 Å². The first-order chi connectivity index (χ1) is 9.58. The second kappa shape index (κ2) is 5.21. The number of rotatable bonds is 3. The third-order valence-electron chi connectivity index (χ3n) is 4.65. The van der Waals surface area contributed by atoms with Gasteiger partial charge in [0.2, 0.25) is 5.91 Å². The molecule has 1 saturated carbocycles. The molecule has 2 atom stereocenters. The van der Waals surface area contributed by atoms with Gasteiger partial charge >= 0.3 is 0 Å². The lowest BCUT2D eigenvalue weighted by Gasteiger charge is -2.43. The summed E-state index contributed by atoms with van der Waals surface area (Å²) in [6.07, 6.45) is 2.47. The summed E-state index contributed by atoms with van der Waals surface area (Å²) in [6, 6.07) is 10.4. The molecule has 1 N–H and O–H groups in total. The first-order valence-electron chi connectivity index (χ1n) is 7.71. The highest BCUT2D eigenvalue weighted by Gasteiger charge is 2.46. The van der Waals surface area contributed by atoms with E-state index in [-0.39, 0.29) is 18.1 Å². The number of amides is 1. The normalized spacial score (nSPS) is 33.6. The maximum absolute atomic E-state index is 12.8. The van der Waals surface area contributed by atoms with E-state index in [1.807, 2.05) is 30.3 Å². The molecule has 1 aliphatic carbocycles. The molecule has 3 heteroatoms. The summed E-state index contributed by atoms with van der Waals surface area (Å²) in [5.74, 6) is 1.45. The molecule has 108 valence electrons. The van der Waals surface area contributed by atoms with E-state index in [0.29, 0.717) is 12.0 Å². The van der Waals surface area contributed by atoms with Gasteiger partial charge in [-0.05, 0) is 30.2 Å². The van der Waals surface area contributed by atoms with Crippen LogP contribution in [-0.4, -0.2) is 23.0 Å². The van der Waals surface area contributed by atoms with Crippen molar-refractivity contribution in [3.8, 4) is 0 Å². The lowest BCUT2D eigenvalue weighted by Crippen LogP contribution is -2.52. The highest BCUT2D eigenvalue weighted by Crippen LogP contribution is 2.38. The van der Waals surface area contributed by atoms with Gasteiger partial charge in [0.25, 0.3) is 0 Å². The van der Waals surface area contributed by atoms with Gasteiger partial charge in [-0.25, -0.2) is 0 Å². The maximum Gasteiger partial charge on any atom is 0.245 e. The van der Waals surface area contributed by atoms with Gasteiger partial charge in [0, 0.05) is 6.04 Å². The van der Waals surface area contributed by atoms with Crippen LogP contribution in [-0.2, 0) is 4.79 Å². The summed E-state index contributed by atoms with van der Waals surface area (Å²) in [6.45, 7) is 6.64. The first kappa shape index (κ1) is 13.6. The van der Waals surface area contributed by atoms with Crippen LogP contribution in [0.2, 0.25) is 0 Å². The van der Waals surface area contributed by atoms with Crippen LogP contribution in [0.25, 0.3) is 0 Å². The van der Waals surface area contributed by atoms with Crippen molar-refractivity contribution in [2.24, 2.45) is 11.8 Å². The fourth-order valence-corrected chi connectivity index (χ4v) is 3.50. The van der Waals surface area contributed by atoms with Crippen LogP contribution in [0, 0.1) is 11.8 Å². The molecule has 1 saturated heterocycles. The second-order valence-electron chi connectivity index (χ2n) is 6.68. The monoisotopic (exact) mass is 272 g/mol. The molecule has 2 fully saturated rings. The molecular formula is C17H24N2O. The lowest BCUT2D eigenvalue weighted by molar-refractivity contribution is -0.135. The van der Waals surface area contributed by atoms with E-state index < -0.39 is 0 Å². The van der Waals surface area contributed by atoms with Gasteiger partial charge in [-0.1, -0.05) is 51.1 Å². The van der Waals surface area contributed by atoms with Crippen molar-refractivity contribution in [1.82, 2.24) is 10.2 Å². The standard InChI is InChI=1S/C17H24N2O/c1-11(2)16-18-15(13-7-5-4-6-8-13)17(20)19(16)14-9-12(3)10-14/h4-8,11-12,14-16,18H,9-10H2,1-3H3. The van der Waals surface area contributed by atoms with Crippen LogP contribution < -0.4 is 5.32 Å². The zero-order valence-electron chi connectivity index (χ0n) is 12.5. The number of hydrogen-bond acceptors (Lipinski definition) is 2. The number of carbonyl (C=O) groups is 1. The van der Waals surface area contributed by atoms with Gasteiger partial charge in [0.15, 0.2) is 0 Å². The molecule has 1 heterocycles.